The molecule has 2 aromatic carbocycles. The Kier molecular flexibility index (Phi) is 22.5. The molecule has 1 aliphatic heterocycles. The van der Waals surface area contributed by atoms with E-state index in [1.165, 1.54) is 114 Å². The van der Waals surface area contributed by atoms with E-state index >= 15 is 0 Å². The SMILES string of the molecule is CCCCCCCCCCc1cc2c(cc1CCCCCCCCCC)OCCOCCOc1cc(Br)c(Br)cc1OCCOCCO2. The molecule has 0 spiro atoms. The summed E-state index contributed by atoms with van der Waals surface area (Å²) in [5.41, 5.74) is 2.82. The van der Waals surface area contributed by atoms with Crippen molar-refractivity contribution in [2.24, 2.45) is 0 Å². The van der Waals surface area contributed by atoms with Gasteiger partial charge >= 0.3 is 0 Å². The van der Waals surface area contributed by atoms with E-state index in [1.54, 1.807) is 0 Å². The maximum atomic E-state index is 6.32. The van der Waals surface area contributed by atoms with Crippen LogP contribution in [0.1, 0.15) is 128 Å². The number of halogens is 2. The van der Waals surface area contributed by atoms with Crippen molar-refractivity contribution in [2.45, 2.75) is 129 Å². The van der Waals surface area contributed by atoms with Crippen molar-refractivity contribution in [3.63, 3.8) is 0 Å². The third-order valence-corrected chi connectivity index (χ3v) is 10.6. The molecule has 2 aromatic rings. The van der Waals surface area contributed by atoms with Gasteiger partial charge in [0.15, 0.2) is 23.0 Å². The highest BCUT2D eigenvalue weighted by atomic mass is 79.9. The molecule has 272 valence electrons. The lowest BCUT2D eigenvalue weighted by Gasteiger charge is -2.19. The summed E-state index contributed by atoms with van der Waals surface area (Å²) in [5.74, 6) is 2.93. The van der Waals surface area contributed by atoms with E-state index in [0.29, 0.717) is 64.4 Å². The number of unbranched alkanes of at least 4 members (excludes halogenated alkanes) is 14. The van der Waals surface area contributed by atoms with Crippen LogP contribution in [-0.4, -0.2) is 52.9 Å². The van der Waals surface area contributed by atoms with Crippen LogP contribution in [0.2, 0.25) is 0 Å². The van der Waals surface area contributed by atoms with Crippen molar-refractivity contribution in [2.75, 3.05) is 52.9 Å². The zero-order chi connectivity index (χ0) is 34.1. The molecule has 0 N–H and O–H groups in total. The number of fused-ring (bicyclic) bond motifs is 2. The Morgan fingerprint density at radius 1 is 0.396 bits per heavy atom. The van der Waals surface area contributed by atoms with Crippen molar-refractivity contribution >= 4 is 31.9 Å². The van der Waals surface area contributed by atoms with E-state index in [-0.39, 0.29) is 0 Å². The molecule has 8 heteroatoms. The largest absolute Gasteiger partial charge is 0.487 e. The number of ether oxygens (including phenoxy) is 6. The molecule has 0 saturated heterocycles. The average Bonchev–Trinajstić information content (AvgIpc) is 3.08. The summed E-state index contributed by atoms with van der Waals surface area (Å²) in [5, 5.41) is 0. The molecule has 0 unspecified atom stereocenters. The molecule has 0 aliphatic carbocycles. The van der Waals surface area contributed by atoms with Crippen LogP contribution in [0, 0.1) is 0 Å². The van der Waals surface area contributed by atoms with Crippen LogP contribution in [0.5, 0.6) is 23.0 Å². The molecule has 1 heterocycles. The maximum absolute atomic E-state index is 6.32. The van der Waals surface area contributed by atoms with Crippen molar-refractivity contribution < 1.29 is 28.4 Å². The van der Waals surface area contributed by atoms with Crippen LogP contribution >= 0.6 is 31.9 Å². The minimum absolute atomic E-state index is 0.408. The molecule has 0 bridgehead atoms. The van der Waals surface area contributed by atoms with E-state index in [4.69, 9.17) is 28.4 Å². The second kappa shape index (κ2) is 26.3. The van der Waals surface area contributed by atoms with Gasteiger partial charge in [0.2, 0.25) is 0 Å². The Hall–Kier alpha value is -1.48. The van der Waals surface area contributed by atoms with Gasteiger partial charge in [0.25, 0.3) is 0 Å². The molecular formula is C40H62Br2O6. The molecule has 48 heavy (non-hydrogen) atoms. The summed E-state index contributed by atoms with van der Waals surface area (Å²) in [7, 11) is 0. The molecule has 1 aliphatic rings. The molecule has 0 aromatic heterocycles. The van der Waals surface area contributed by atoms with Gasteiger partial charge in [0.05, 0.1) is 26.4 Å². The van der Waals surface area contributed by atoms with Gasteiger partial charge in [0, 0.05) is 8.95 Å². The smallest absolute Gasteiger partial charge is 0.162 e. The maximum Gasteiger partial charge on any atom is 0.162 e. The fourth-order valence-electron chi connectivity index (χ4n) is 6.02. The van der Waals surface area contributed by atoms with Gasteiger partial charge in [-0.1, -0.05) is 104 Å². The second-order valence-corrected chi connectivity index (χ2v) is 14.6. The van der Waals surface area contributed by atoms with Gasteiger partial charge in [-0.15, -0.1) is 0 Å². The average molecular weight is 799 g/mol. The molecule has 3 rings (SSSR count). The minimum Gasteiger partial charge on any atom is -0.487 e. The number of hydrogen-bond acceptors (Lipinski definition) is 6. The van der Waals surface area contributed by atoms with Crippen molar-refractivity contribution in [1.82, 2.24) is 0 Å². The van der Waals surface area contributed by atoms with E-state index in [1.807, 2.05) is 12.1 Å². The Morgan fingerprint density at radius 2 is 0.688 bits per heavy atom. The van der Waals surface area contributed by atoms with Crippen LogP contribution in [0.3, 0.4) is 0 Å². The van der Waals surface area contributed by atoms with Crippen LogP contribution in [0.15, 0.2) is 33.2 Å². The first-order valence-electron chi connectivity index (χ1n) is 18.9. The normalized spacial score (nSPS) is 14.8. The van der Waals surface area contributed by atoms with Crippen LogP contribution in [0.4, 0.5) is 0 Å². The summed E-state index contributed by atoms with van der Waals surface area (Å²) in [4.78, 5) is 0. The summed E-state index contributed by atoms with van der Waals surface area (Å²) < 4.78 is 38.2. The van der Waals surface area contributed by atoms with Crippen molar-refractivity contribution in [3.8, 4) is 23.0 Å². The van der Waals surface area contributed by atoms with Crippen LogP contribution < -0.4 is 18.9 Å². The van der Waals surface area contributed by atoms with Gasteiger partial charge in [0.1, 0.15) is 26.4 Å². The summed E-state index contributed by atoms with van der Waals surface area (Å²) in [6, 6.07) is 8.31. The summed E-state index contributed by atoms with van der Waals surface area (Å²) in [6.45, 7) is 8.10. The highest BCUT2D eigenvalue weighted by molar-refractivity contribution is 9.13. The number of rotatable bonds is 18. The number of hydrogen-bond donors (Lipinski definition) is 0. The molecule has 0 atom stereocenters. The summed E-state index contributed by atoms with van der Waals surface area (Å²) in [6.07, 6.45) is 23.4. The van der Waals surface area contributed by atoms with Gasteiger partial charge in [-0.05, 0) is 92.9 Å². The van der Waals surface area contributed by atoms with Gasteiger partial charge in [-0.25, -0.2) is 0 Å². The third kappa shape index (κ3) is 17.0. The zero-order valence-electron chi connectivity index (χ0n) is 29.9. The van der Waals surface area contributed by atoms with Gasteiger partial charge < -0.3 is 28.4 Å². The predicted octanol–water partition coefficient (Wildman–Crippen LogP) is 11.8. The predicted molar refractivity (Wildman–Crippen MR) is 205 cm³/mol. The standard InChI is InChI=1S/C40H62Br2O6/c1-3-5-7-9-11-13-15-17-19-33-29-37-38(30-34(33)20-18-16-14-12-10-8-6-4-2)46-26-22-44-24-28-48-40-32-36(42)35(41)31-39(40)47-27-23-43-21-25-45-37/h29-32H,3-28H2,1-2H3. The quantitative estimate of drug-likeness (QED) is 0.140. The van der Waals surface area contributed by atoms with E-state index in [0.717, 1.165) is 33.3 Å². The monoisotopic (exact) mass is 796 g/mol. The van der Waals surface area contributed by atoms with Crippen molar-refractivity contribution in [3.05, 3.63) is 44.3 Å². The van der Waals surface area contributed by atoms with Crippen LogP contribution in [-0.2, 0) is 22.3 Å². The van der Waals surface area contributed by atoms with Crippen molar-refractivity contribution in [1.29, 1.82) is 0 Å². The Bertz CT molecular complexity index is 1040. The Balaban J connectivity index is 1.62. The van der Waals surface area contributed by atoms with E-state index < -0.39 is 0 Å². The molecule has 0 saturated carbocycles. The van der Waals surface area contributed by atoms with E-state index in [2.05, 4.69) is 57.8 Å². The first-order chi connectivity index (χ1) is 23.6. The van der Waals surface area contributed by atoms with Crippen LogP contribution in [0.25, 0.3) is 0 Å². The number of aryl methyl sites for hydroxylation is 2. The molecular weight excluding hydrogens is 736 g/mol. The second-order valence-electron chi connectivity index (χ2n) is 12.8. The highest BCUT2D eigenvalue weighted by Crippen LogP contribution is 2.37. The molecule has 6 nitrogen and oxygen atoms in total. The molecule has 0 radical (unpaired) electrons. The Labute approximate surface area is 308 Å². The Morgan fingerprint density at radius 3 is 1.02 bits per heavy atom. The number of benzene rings is 2. The molecule has 0 fully saturated rings. The molecule has 0 amide bonds. The lowest BCUT2D eigenvalue weighted by Crippen LogP contribution is -2.15. The first kappa shape index (κ1) is 40.9. The van der Waals surface area contributed by atoms with E-state index in [9.17, 15) is 0 Å². The fraction of sp³-hybridized carbons (Fsp3) is 0.700. The lowest BCUT2D eigenvalue weighted by molar-refractivity contribution is 0.0639. The minimum atomic E-state index is 0.408. The third-order valence-electron chi connectivity index (χ3n) is 8.79. The topological polar surface area (TPSA) is 55.4 Å². The highest BCUT2D eigenvalue weighted by Gasteiger charge is 2.14. The lowest BCUT2D eigenvalue weighted by atomic mass is 9.95. The van der Waals surface area contributed by atoms with Gasteiger partial charge in [-0.3, -0.25) is 0 Å². The zero-order valence-corrected chi connectivity index (χ0v) is 33.1. The summed E-state index contributed by atoms with van der Waals surface area (Å²) >= 11 is 7.11. The van der Waals surface area contributed by atoms with Gasteiger partial charge in [-0.2, -0.15) is 0 Å². The fourth-order valence-corrected chi connectivity index (χ4v) is 6.66. The first-order valence-corrected chi connectivity index (χ1v) is 20.5.